The van der Waals surface area contributed by atoms with Gasteiger partial charge in [-0.3, -0.25) is 0 Å². The van der Waals surface area contributed by atoms with E-state index in [0.717, 1.165) is 0 Å². The van der Waals surface area contributed by atoms with Crippen molar-refractivity contribution in [1.29, 1.82) is 0 Å². The van der Waals surface area contributed by atoms with Crippen molar-refractivity contribution in [1.82, 2.24) is 15.0 Å². The van der Waals surface area contributed by atoms with Crippen molar-refractivity contribution in [3.63, 3.8) is 0 Å². The molecule has 1 atom stereocenters. The minimum Gasteiger partial charge on any atom is -0.368 e. The Hall–Kier alpha value is -1.64. The average Bonchev–Trinajstić information content (AvgIpc) is 2.51. The van der Waals surface area contributed by atoms with Gasteiger partial charge in [-0.05, 0) is 13.3 Å². The minimum absolute atomic E-state index is 0.0723. The second-order valence-electron chi connectivity index (χ2n) is 5.24. The van der Waals surface area contributed by atoms with Crippen LogP contribution in [0.5, 0.6) is 0 Å². The summed E-state index contributed by atoms with van der Waals surface area (Å²) in [4.78, 5) is 13.9. The summed E-state index contributed by atoms with van der Waals surface area (Å²) in [6, 6.07) is 0. The van der Waals surface area contributed by atoms with Gasteiger partial charge in [-0.15, -0.1) is 0 Å². The number of hydrogen-bond acceptors (Lipinski definition) is 8. The quantitative estimate of drug-likeness (QED) is 0.765. The van der Waals surface area contributed by atoms with Gasteiger partial charge in [0.15, 0.2) is 9.84 Å². The second kappa shape index (κ2) is 4.48. The van der Waals surface area contributed by atoms with Crippen LogP contribution in [0.3, 0.4) is 0 Å². The molecule has 0 amide bonds. The first kappa shape index (κ1) is 13.8. The summed E-state index contributed by atoms with van der Waals surface area (Å²) in [5.41, 5.74) is 5.06. The summed E-state index contributed by atoms with van der Waals surface area (Å²) in [5.74, 6) is 1.08. The molecular weight excluding hydrogens is 268 g/mol. The van der Waals surface area contributed by atoms with E-state index in [1.54, 1.807) is 19.0 Å². The molecule has 19 heavy (non-hydrogen) atoms. The third-order valence-corrected chi connectivity index (χ3v) is 4.86. The molecule has 3 N–H and O–H groups in total. The number of nitrogens with zero attached hydrogens (tertiary/aromatic N) is 4. The smallest absolute Gasteiger partial charge is 0.231 e. The SMILES string of the molecule is CN(C)c1nc(N)nc(NC2(C)CCS(=O)(=O)C2)n1. The highest BCUT2D eigenvalue weighted by atomic mass is 32.2. The van der Waals surface area contributed by atoms with Crippen molar-refractivity contribution in [2.24, 2.45) is 0 Å². The molecule has 1 aliphatic heterocycles. The first-order chi connectivity index (χ1) is 8.69. The zero-order valence-corrected chi connectivity index (χ0v) is 12.0. The van der Waals surface area contributed by atoms with Gasteiger partial charge in [0.25, 0.3) is 0 Å². The molecule has 1 unspecified atom stereocenters. The Balaban J connectivity index is 2.24. The molecular formula is C10H18N6O2S. The lowest BCUT2D eigenvalue weighted by Gasteiger charge is -2.24. The van der Waals surface area contributed by atoms with E-state index < -0.39 is 15.4 Å². The Labute approximate surface area is 112 Å². The van der Waals surface area contributed by atoms with Crippen molar-refractivity contribution in [2.45, 2.75) is 18.9 Å². The molecule has 1 aromatic heterocycles. The number of nitrogens with two attached hydrogens (primary N) is 1. The number of nitrogens with one attached hydrogen (secondary N) is 1. The minimum atomic E-state index is -2.99. The van der Waals surface area contributed by atoms with Crippen LogP contribution in [0.1, 0.15) is 13.3 Å². The fraction of sp³-hybridized carbons (Fsp3) is 0.700. The predicted molar refractivity (Wildman–Crippen MR) is 73.9 cm³/mol. The van der Waals surface area contributed by atoms with Gasteiger partial charge in [0.2, 0.25) is 17.8 Å². The fourth-order valence-electron chi connectivity index (χ4n) is 2.02. The van der Waals surface area contributed by atoms with E-state index in [-0.39, 0.29) is 17.5 Å². The third kappa shape index (κ3) is 3.22. The molecule has 0 spiro atoms. The lowest BCUT2D eigenvalue weighted by molar-refractivity contribution is 0.569. The van der Waals surface area contributed by atoms with Crippen LogP contribution in [0.2, 0.25) is 0 Å². The van der Waals surface area contributed by atoms with Crippen LogP contribution >= 0.6 is 0 Å². The zero-order chi connectivity index (χ0) is 14.3. The van der Waals surface area contributed by atoms with Gasteiger partial charge in [-0.1, -0.05) is 0 Å². The molecule has 0 aliphatic carbocycles. The number of hydrogen-bond donors (Lipinski definition) is 2. The lowest BCUT2D eigenvalue weighted by Crippen LogP contribution is -2.37. The summed E-state index contributed by atoms with van der Waals surface area (Å²) >= 11 is 0. The molecule has 8 nitrogen and oxygen atoms in total. The molecule has 0 bridgehead atoms. The van der Waals surface area contributed by atoms with Crippen LogP contribution in [0, 0.1) is 0 Å². The van der Waals surface area contributed by atoms with Gasteiger partial charge in [-0.25, -0.2) is 8.42 Å². The normalized spacial score (nSPS) is 25.2. The molecule has 0 aromatic carbocycles. The molecule has 1 fully saturated rings. The van der Waals surface area contributed by atoms with Crippen LogP contribution in [-0.4, -0.2) is 54.5 Å². The standard InChI is InChI=1S/C10H18N6O2S/c1-10(4-5-19(17,18)6-10)15-8-12-7(11)13-9(14-8)16(2)3/h4-6H2,1-3H3,(H3,11,12,13,14,15). The summed E-state index contributed by atoms with van der Waals surface area (Å²) in [5, 5.41) is 3.06. The molecule has 106 valence electrons. The summed E-state index contributed by atoms with van der Waals surface area (Å²) in [6.45, 7) is 1.84. The van der Waals surface area contributed by atoms with Crippen LogP contribution < -0.4 is 16.0 Å². The first-order valence-electron chi connectivity index (χ1n) is 5.87. The molecule has 1 aromatic rings. The number of sulfone groups is 1. The van der Waals surface area contributed by atoms with Crippen molar-refractivity contribution in [3.05, 3.63) is 0 Å². The van der Waals surface area contributed by atoms with E-state index in [1.807, 2.05) is 6.92 Å². The summed E-state index contributed by atoms with van der Waals surface area (Å²) < 4.78 is 23.1. The van der Waals surface area contributed by atoms with Gasteiger partial charge < -0.3 is 16.0 Å². The molecule has 9 heteroatoms. The highest BCUT2D eigenvalue weighted by molar-refractivity contribution is 7.91. The highest BCUT2D eigenvalue weighted by Crippen LogP contribution is 2.26. The van der Waals surface area contributed by atoms with Crippen molar-refractivity contribution in [2.75, 3.05) is 41.6 Å². The van der Waals surface area contributed by atoms with E-state index in [4.69, 9.17) is 5.73 Å². The van der Waals surface area contributed by atoms with Crippen LogP contribution in [-0.2, 0) is 9.84 Å². The van der Waals surface area contributed by atoms with E-state index in [9.17, 15) is 8.42 Å². The predicted octanol–water partition coefficient (Wildman–Crippen LogP) is -0.491. The number of rotatable bonds is 3. The average molecular weight is 286 g/mol. The Morgan fingerprint density at radius 3 is 2.53 bits per heavy atom. The van der Waals surface area contributed by atoms with Crippen LogP contribution in [0.4, 0.5) is 17.8 Å². The Morgan fingerprint density at radius 2 is 2.00 bits per heavy atom. The second-order valence-corrected chi connectivity index (χ2v) is 7.42. The van der Waals surface area contributed by atoms with E-state index in [1.165, 1.54) is 0 Å². The molecule has 2 heterocycles. The molecule has 1 saturated heterocycles. The highest BCUT2D eigenvalue weighted by Gasteiger charge is 2.39. The third-order valence-electron chi connectivity index (χ3n) is 2.96. The number of aromatic nitrogens is 3. The van der Waals surface area contributed by atoms with E-state index in [2.05, 4.69) is 20.3 Å². The first-order valence-corrected chi connectivity index (χ1v) is 7.69. The van der Waals surface area contributed by atoms with E-state index in [0.29, 0.717) is 18.3 Å². The van der Waals surface area contributed by atoms with Gasteiger partial charge >= 0.3 is 0 Å². The lowest BCUT2D eigenvalue weighted by atomic mass is 10.0. The van der Waals surface area contributed by atoms with Gasteiger partial charge in [-0.2, -0.15) is 15.0 Å². The molecule has 1 aliphatic rings. The maximum atomic E-state index is 11.6. The van der Waals surface area contributed by atoms with Crippen LogP contribution in [0.25, 0.3) is 0 Å². The van der Waals surface area contributed by atoms with E-state index >= 15 is 0 Å². The number of anilines is 3. The maximum Gasteiger partial charge on any atom is 0.231 e. The summed E-state index contributed by atoms with van der Waals surface area (Å²) in [7, 11) is 0.598. The van der Waals surface area contributed by atoms with Crippen LogP contribution in [0.15, 0.2) is 0 Å². The van der Waals surface area contributed by atoms with Gasteiger partial charge in [0, 0.05) is 14.1 Å². The molecule has 0 saturated carbocycles. The fourth-order valence-corrected chi connectivity index (χ4v) is 4.11. The number of nitrogen functional groups attached to an aromatic ring is 1. The Kier molecular flexibility index (Phi) is 3.25. The molecule has 0 radical (unpaired) electrons. The largest absolute Gasteiger partial charge is 0.368 e. The van der Waals surface area contributed by atoms with Gasteiger partial charge in [0.1, 0.15) is 0 Å². The zero-order valence-electron chi connectivity index (χ0n) is 11.2. The van der Waals surface area contributed by atoms with Crippen molar-refractivity contribution >= 4 is 27.7 Å². The summed E-state index contributed by atoms with van der Waals surface area (Å²) in [6.07, 6.45) is 0.526. The van der Waals surface area contributed by atoms with Gasteiger partial charge in [0.05, 0.1) is 17.0 Å². The Morgan fingerprint density at radius 1 is 1.32 bits per heavy atom. The Bertz CT molecular complexity index is 588. The topological polar surface area (TPSA) is 114 Å². The van der Waals surface area contributed by atoms with Crippen molar-refractivity contribution < 1.29 is 8.42 Å². The van der Waals surface area contributed by atoms with Crippen molar-refractivity contribution in [3.8, 4) is 0 Å². The maximum absolute atomic E-state index is 11.6. The molecule has 2 rings (SSSR count). The monoisotopic (exact) mass is 286 g/mol.